The predicted octanol–water partition coefficient (Wildman–Crippen LogP) is 4.48. The summed E-state index contributed by atoms with van der Waals surface area (Å²) in [5.41, 5.74) is 3.52. The summed E-state index contributed by atoms with van der Waals surface area (Å²) in [6.07, 6.45) is 6.42. The van der Waals surface area contributed by atoms with Crippen LogP contribution in [0.3, 0.4) is 0 Å². The van der Waals surface area contributed by atoms with Crippen molar-refractivity contribution in [3.63, 3.8) is 0 Å². The van der Waals surface area contributed by atoms with E-state index < -0.39 is 5.92 Å². The first-order valence-electron chi connectivity index (χ1n) is 10.9. The molecular formula is C25H27N3O2. The van der Waals surface area contributed by atoms with Gasteiger partial charge in [0.15, 0.2) is 0 Å². The molecule has 1 N–H and O–H groups in total. The molecule has 2 aliphatic rings. The number of aromatic amines is 1. The van der Waals surface area contributed by atoms with Gasteiger partial charge in [-0.2, -0.15) is 0 Å². The van der Waals surface area contributed by atoms with E-state index in [0.717, 1.165) is 48.0 Å². The standard InChI is InChI=1S/C25H27N3O2/c1-27-23(20-16-26-21-13-7-6-10-17(20)21)22(18-11-4-5-12-19(18)24(27)29)25(30)28-14-8-2-3-9-15-28/h4-7,10-13,16,22-23,26H,2-3,8-9,14-15H2,1H3/t22-,23+/m1/s1. The lowest BCUT2D eigenvalue weighted by atomic mass is 9.79. The minimum atomic E-state index is -0.402. The Hall–Kier alpha value is -3.08. The first kappa shape index (κ1) is 18.9. The Morgan fingerprint density at radius 1 is 0.933 bits per heavy atom. The van der Waals surface area contributed by atoms with Gasteiger partial charge in [-0.15, -0.1) is 0 Å². The predicted molar refractivity (Wildman–Crippen MR) is 117 cm³/mol. The minimum Gasteiger partial charge on any atom is -0.361 e. The quantitative estimate of drug-likeness (QED) is 0.688. The van der Waals surface area contributed by atoms with Crippen molar-refractivity contribution in [2.75, 3.05) is 20.1 Å². The normalized spacial score (nSPS) is 22.1. The van der Waals surface area contributed by atoms with E-state index >= 15 is 0 Å². The van der Waals surface area contributed by atoms with Crippen molar-refractivity contribution in [2.45, 2.75) is 37.6 Å². The van der Waals surface area contributed by atoms with Gasteiger partial charge in [0.2, 0.25) is 5.91 Å². The number of nitrogens with zero attached hydrogens (tertiary/aromatic N) is 2. The van der Waals surface area contributed by atoms with Gasteiger partial charge in [-0.25, -0.2) is 0 Å². The summed E-state index contributed by atoms with van der Waals surface area (Å²) in [6, 6.07) is 15.4. The highest BCUT2D eigenvalue weighted by molar-refractivity contribution is 6.02. The lowest BCUT2D eigenvalue weighted by molar-refractivity contribution is -0.134. The fourth-order valence-electron chi connectivity index (χ4n) is 5.16. The van der Waals surface area contributed by atoms with E-state index in [9.17, 15) is 9.59 Å². The van der Waals surface area contributed by atoms with E-state index in [2.05, 4.69) is 11.1 Å². The van der Waals surface area contributed by atoms with E-state index in [-0.39, 0.29) is 17.9 Å². The Bertz CT molecular complexity index is 1090. The smallest absolute Gasteiger partial charge is 0.254 e. The van der Waals surface area contributed by atoms with Gasteiger partial charge in [0.05, 0.1) is 12.0 Å². The number of likely N-dealkylation sites (tertiary alicyclic amines) is 1. The molecule has 154 valence electrons. The fraction of sp³-hybridized carbons (Fsp3) is 0.360. The van der Waals surface area contributed by atoms with Gasteiger partial charge < -0.3 is 14.8 Å². The second-order valence-electron chi connectivity index (χ2n) is 8.45. The van der Waals surface area contributed by atoms with Crippen LogP contribution in [-0.4, -0.2) is 46.7 Å². The number of carbonyl (C=O) groups is 2. The number of nitrogens with one attached hydrogen (secondary N) is 1. The Labute approximate surface area is 176 Å². The third kappa shape index (κ3) is 3.00. The average molecular weight is 402 g/mol. The first-order chi connectivity index (χ1) is 14.7. The summed E-state index contributed by atoms with van der Waals surface area (Å²) in [5, 5.41) is 1.06. The minimum absolute atomic E-state index is 0.0270. The van der Waals surface area contributed by atoms with Crippen LogP contribution in [0.1, 0.15) is 59.1 Å². The third-order valence-corrected chi connectivity index (χ3v) is 6.70. The van der Waals surface area contributed by atoms with Crippen LogP contribution in [0, 0.1) is 0 Å². The number of H-pyrrole nitrogens is 1. The molecule has 2 atom stereocenters. The van der Waals surface area contributed by atoms with Gasteiger partial charge in [0.25, 0.3) is 5.91 Å². The molecule has 30 heavy (non-hydrogen) atoms. The first-order valence-corrected chi connectivity index (χ1v) is 10.9. The molecule has 3 aromatic rings. The number of amides is 2. The zero-order valence-electron chi connectivity index (χ0n) is 17.3. The van der Waals surface area contributed by atoms with Crippen molar-refractivity contribution >= 4 is 22.7 Å². The number of likely N-dealkylation sites (N-methyl/N-ethyl adjacent to an activating group) is 1. The highest BCUT2D eigenvalue weighted by Gasteiger charge is 2.44. The monoisotopic (exact) mass is 401 g/mol. The molecule has 2 amide bonds. The van der Waals surface area contributed by atoms with Crippen molar-refractivity contribution < 1.29 is 9.59 Å². The van der Waals surface area contributed by atoms with E-state index in [4.69, 9.17) is 0 Å². The number of benzene rings is 2. The molecule has 1 saturated heterocycles. The fourth-order valence-corrected chi connectivity index (χ4v) is 5.16. The van der Waals surface area contributed by atoms with Crippen LogP contribution in [0.2, 0.25) is 0 Å². The molecule has 1 aromatic heterocycles. The SMILES string of the molecule is CN1C(=O)c2ccccc2[C@@H](C(=O)N2CCCCCC2)[C@@H]1c1c[nH]c2ccccc12. The number of carbonyl (C=O) groups excluding carboxylic acids is 2. The molecule has 0 radical (unpaired) electrons. The number of rotatable bonds is 2. The number of hydrogen-bond donors (Lipinski definition) is 1. The molecule has 1 fully saturated rings. The third-order valence-electron chi connectivity index (χ3n) is 6.70. The molecule has 0 unspecified atom stereocenters. The van der Waals surface area contributed by atoms with Gasteiger partial charge in [0.1, 0.15) is 0 Å². The average Bonchev–Trinajstić information content (AvgIpc) is 3.00. The van der Waals surface area contributed by atoms with Gasteiger partial charge in [-0.05, 0) is 30.5 Å². The van der Waals surface area contributed by atoms with Gasteiger partial charge in [-0.1, -0.05) is 49.2 Å². The Morgan fingerprint density at radius 2 is 1.63 bits per heavy atom. The van der Waals surface area contributed by atoms with E-state index in [1.165, 1.54) is 12.8 Å². The summed E-state index contributed by atoms with van der Waals surface area (Å²) in [6.45, 7) is 1.60. The van der Waals surface area contributed by atoms with Crippen LogP contribution in [0.25, 0.3) is 10.9 Å². The van der Waals surface area contributed by atoms with E-state index in [1.54, 1.807) is 4.90 Å². The molecule has 0 spiro atoms. The second-order valence-corrected chi connectivity index (χ2v) is 8.45. The molecule has 0 bridgehead atoms. The number of fused-ring (bicyclic) bond motifs is 2. The zero-order valence-corrected chi connectivity index (χ0v) is 17.3. The number of hydrogen-bond acceptors (Lipinski definition) is 2. The molecular weight excluding hydrogens is 374 g/mol. The lowest BCUT2D eigenvalue weighted by Gasteiger charge is -2.41. The molecule has 0 saturated carbocycles. The van der Waals surface area contributed by atoms with Crippen molar-refractivity contribution in [3.8, 4) is 0 Å². The van der Waals surface area contributed by atoms with Crippen LogP contribution < -0.4 is 0 Å². The Balaban J connectivity index is 1.66. The Kier molecular flexibility index (Phi) is 4.81. The number of para-hydroxylation sites is 1. The zero-order chi connectivity index (χ0) is 20.7. The summed E-state index contributed by atoms with van der Waals surface area (Å²) < 4.78 is 0. The van der Waals surface area contributed by atoms with Crippen molar-refractivity contribution in [1.29, 1.82) is 0 Å². The van der Waals surface area contributed by atoms with E-state index in [0.29, 0.717) is 5.56 Å². The molecule has 2 aliphatic heterocycles. The molecule has 5 nitrogen and oxygen atoms in total. The molecule has 2 aromatic carbocycles. The molecule has 0 aliphatic carbocycles. The summed E-state index contributed by atoms with van der Waals surface area (Å²) in [4.78, 5) is 34.3. The second kappa shape index (κ2) is 7.63. The van der Waals surface area contributed by atoms with Crippen LogP contribution in [0.4, 0.5) is 0 Å². The van der Waals surface area contributed by atoms with Crippen LogP contribution in [0.5, 0.6) is 0 Å². The largest absolute Gasteiger partial charge is 0.361 e. The lowest BCUT2D eigenvalue weighted by Crippen LogP contribution is -2.47. The highest BCUT2D eigenvalue weighted by Crippen LogP contribution is 2.45. The number of aromatic nitrogens is 1. The topological polar surface area (TPSA) is 56.4 Å². The maximum absolute atomic E-state index is 13.9. The molecule has 3 heterocycles. The molecule has 5 rings (SSSR count). The van der Waals surface area contributed by atoms with Gasteiger partial charge in [0, 0.05) is 48.4 Å². The molecule has 5 heteroatoms. The van der Waals surface area contributed by atoms with Crippen molar-refractivity contribution in [1.82, 2.24) is 14.8 Å². The highest BCUT2D eigenvalue weighted by atomic mass is 16.2. The van der Waals surface area contributed by atoms with Crippen molar-refractivity contribution in [3.05, 3.63) is 71.4 Å². The van der Waals surface area contributed by atoms with Gasteiger partial charge in [-0.3, -0.25) is 9.59 Å². The van der Waals surface area contributed by atoms with Gasteiger partial charge >= 0.3 is 0 Å². The summed E-state index contributed by atoms with van der Waals surface area (Å²) in [7, 11) is 1.83. The maximum atomic E-state index is 13.9. The van der Waals surface area contributed by atoms with Crippen LogP contribution in [0.15, 0.2) is 54.7 Å². The summed E-state index contributed by atoms with van der Waals surface area (Å²) in [5.74, 6) is -0.291. The van der Waals surface area contributed by atoms with Crippen LogP contribution in [-0.2, 0) is 4.79 Å². The van der Waals surface area contributed by atoms with E-state index in [1.807, 2.05) is 60.6 Å². The summed E-state index contributed by atoms with van der Waals surface area (Å²) >= 11 is 0. The Morgan fingerprint density at radius 3 is 2.43 bits per heavy atom. The van der Waals surface area contributed by atoms with Crippen molar-refractivity contribution in [2.24, 2.45) is 0 Å². The maximum Gasteiger partial charge on any atom is 0.254 e. The van der Waals surface area contributed by atoms with Crippen LogP contribution >= 0.6 is 0 Å².